The highest BCUT2D eigenvalue weighted by Crippen LogP contribution is 2.34. The number of nitriles is 1. The van der Waals surface area contributed by atoms with Gasteiger partial charge in [0.1, 0.15) is 0 Å². The Balaban J connectivity index is 2.31. The molecule has 0 aliphatic heterocycles. The minimum atomic E-state index is 0.907. The van der Waals surface area contributed by atoms with Crippen molar-refractivity contribution in [1.29, 1.82) is 5.26 Å². The van der Waals surface area contributed by atoms with Gasteiger partial charge in [-0.3, -0.25) is 0 Å². The van der Waals surface area contributed by atoms with Crippen molar-refractivity contribution in [2.24, 2.45) is 0 Å². The van der Waals surface area contributed by atoms with Crippen LogP contribution in [-0.4, -0.2) is 0 Å². The summed E-state index contributed by atoms with van der Waals surface area (Å²) in [5.41, 5.74) is 4.40. The third-order valence-electron chi connectivity index (χ3n) is 4.05. The summed E-state index contributed by atoms with van der Waals surface area (Å²) in [4.78, 5) is 0. The third kappa shape index (κ3) is 2.93. The Kier molecular flexibility index (Phi) is 4.60. The summed E-state index contributed by atoms with van der Waals surface area (Å²) >= 11 is 3.64. The van der Waals surface area contributed by atoms with Gasteiger partial charge in [0.05, 0.1) is 6.07 Å². The van der Waals surface area contributed by atoms with E-state index >= 15 is 0 Å². The number of fused-ring (bicyclic) bond motifs is 1. The molecule has 3 rings (SSSR count). The lowest BCUT2D eigenvalue weighted by Gasteiger charge is -2.15. The standard InChI is InChI=1S/C21H16BrN/c1-2-16-18(11-6-12-21(16)22)20(13-14-23)19-10-5-8-15-7-3-4-9-17(15)19/h3-13H,2H2,1H3/b20-13-. The van der Waals surface area contributed by atoms with Crippen molar-refractivity contribution in [1.82, 2.24) is 0 Å². The molecule has 0 N–H and O–H groups in total. The van der Waals surface area contributed by atoms with Crippen LogP contribution in [0.3, 0.4) is 0 Å². The van der Waals surface area contributed by atoms with Crippen molar-refractivity contribution in [2.45, 2.75) is 13.3 Å². The topological polar surface area (TPSA) is 23.8 Å². The first-order chi connectivity index (χ1) is 11.3. The van der Waals surface area contributed by atoms with Crippen LogP contribution < -0.4 is 0 Å². The first-order valence-corrected chi connectivity index (χ1v) is 8.41. The van der Waals surface area contributed by atoms with Crippen molar-refractivity contribution in [3.05, 3.63) is 87.9 Å². The van der Waals surface area contributed by atoms with E-state index in [1.165, 1.54) is 16.3 Å². The van der Waals surface area contributed by atoms with Crippen molar-refractivity contribution < 1.29 is 0 Å². The molecule has 0 aliphatic rings. The first kappa shape index (κ1) is 15.5. The molecule has 0 atom stereocenters. The Labute approximate surface area is 145 Å². The van der Waals surface area contributed by atoms with Gasteiger partial charge in [-0.15, -0.1) is 0 Å². The van der Waals surface area contributed by atoms with E-state index in [2.05, 4.69) is 65.3 Å². The lowest BCUT2D eigenvalue weighted by molar-refractivity contribution is 1.12. The summed E-state index contributed by atoms with van der Waals surface area (Å²) < 4.78 is 1.08. The van der Waals surface area contributed by atoms with Crippen molar-refractivity contribution in [3.8, 4) is 6.07 Å². The predicted octanol–water partition coefficient (Wildman–Crippen LogP) is 6.12. The van der Waals surface area contributed by atoms with Gasteiger partial charge in [-0.05, 0) is 39.9 Å². The maximum absolute atomic E-state index is 9.33. The summed E-state index contributed by atoms with van der Waals surface area (Å²) in [6.07, 6.45) is 2.56. The Hall–Kier alpha value is -2.37. The largest absolute Gasteiger partial charge is 0.193 e. The highest BCUT2D eigenvalue weighted by Gasteiger charge is 2.13. The van der Waals surface area contributed by atoms with Crippen LogP contribution in [-0.2, 0) is 6.42 Å². The van der Waals surface area contributed by atoms with Gasteiger partial charge < -0.3 is 0 Å². The van der Waals surface area contributed by atoms with Crippen LogP contribution in [0.15, 0.2) is 71.2 Å². The van der Waals surface area contributed by atoms with Crippen molar-refractivity contribution >= 4 is 32.3 Å². The molecule has 0 radical (unpaired) electrons. The van der Waals surface area contributed by atoms with E-state index in [9.17, 15) is 5.26 Å². The molecule has 0 saturated heterocycles. The maximum atomic E-state index is 9.33. The zero-order valence-corrected chi connectivity index (χ0v) is 14.5. The second-order valence-electron chi connectivity index (χ2n) is 5.33. The second kappa shape index (κ2) is 6.81. The molecule has 0 heterocycles. The summed E-state index contributed by atoms with van der Waals surface area (Å²) in [7, 11) is 0. The van der Waals surface area contributed by atoms with Crippen LogP contribution in [0.1, 0.15) is 23.6 Å². The SMILES string of the molecule is CCc1c(Br)cccc1/C(=C/C#N)c1cccc2ccccc12. The summed E-state index contributed by atoms with van der Waals surface area (Å²) in [6.45, 7) is 2.14. The molecule has 0 amide bonds. The fourth-order valence-corrected chi connectivity index (χ4v) is 3.64. The predicted molar refractivity (Wildman–Crippen MR) is 100 cm³/mol. The molecular weight excluding hydrogens is 346 g/mol. The molecule has 0 bridgehead atoms. The molecule has 0 unspecified atom stereocenters. The Bertz CT molecular complexity index is 927. The normalized spacial score (nSPS) is 11.4. The highest BCUT2D eigenvalue weighted by atomic mass is 79.9. The Morgan fingerprint density at radius 2 is 1.70 bits per heavy atom. The molecule has 0 spiro atoms. The maximum Gasteiger partial charge on any atom is 0.0918 e. The van der Waals surface area contributed by atoms with Crippen LogP contribution in [0, 0.1) is 11.3 Å². The number of allylic oxidation sites excluding steroid dienone is 1. The minimum Gasteiger partial charge on any atom is -0.193 e. The van der Waals surface area contributed by atoms with Gasteiger partial charge in [-0.1, -0.05) is 77.5 Å². The fourth-order valence-electron chi connectivity index (χ4n) is 3.00. The monoisotopic (exact) mass is 361 g/mol. The van der Waals surface area contributed by atoms with Crippen LogP contribution in [0.25, 0.3) is 16.3 Å². The lowest BCUT2D eigenvalue weighted by Crippen LogP contribution is -1.96. The third-order valence-corrected chi connectivity index (χ3v) is 4.79. The number of benzene rings is 3. The number of rotatable bonds is 3. The number of halogens is 1. The van der Waals surface area contributed by atoms with Gasteiger partial charge in [0.25, 0.3) is 0 Å². The van der Waals surface area contributed by atoms with Gasteiger partial charge in [-0.2, -0.15) is 5.26 Å². The van der Waals surface area contributed by atoms with Gasteiger partial charge in [0, 0.05) is 16.1 Å². The van der Waals surface area contributed by atoms with Crippen molar-refractivity contribution in [2.75, 3.05) is 0 Å². The van der Waals surface area contributed by atoms with Crippen LogP contribution in [0.4, 0.5) is 0 Å². The zero-order chi connectivity index (χ0) is 16.2. The molecule has 23 heavy (non-hydrogen) atoms. The quantitative estimate of drug-likeness (QED) is 0.515. The van der Waals surface area contributed by atoms with Gasteiger partial charge in [-0.25, -0.2) is 0 Å². The molecule has 3 aromatic rings. The fraction of sp³-hybridized carbons (Fsp3) is 0.0952. The molecule has 2 heteroatoms. The highest BCUT2D eigenvalue weighted by molar-refractivity contribution is 9.10. The van der Waals surface area contributed by atoms with Crippen LogP contribution >= 0.6 is 15.9 Å². The summed E-state index contributed by atoms with van der Waals surface area (Å²) in [5, 5.41) is 11.7. The smallest absolute Gasteiger partial charge is 0.0918 e. The number of hydrogen-bond donors (Lipinski definition) is 0. The van der Waals surface area contributed by atoms with Crippen LogP contribution in [0.2, 0.25) is 0 Å². The van der Waals surface area contributed by atoms with Gasteiger partial charge in [0.15, 0.2) is 0 Å². The molecule has 0 aliphatic carbocycles. The molecule has 0 saturated carbocycles. The second-order valence-corrected chi connectivity index (χ2v) is 6.19. The van der Waals surface area contributed by atoms with Crippen molar-refractivity contribution in [3.63, 3.8) is 0 Å². The van der Waals surface area contributed by atoms with E-state index in [4.69, 9.17) is 0 Å². The van der Waals surface area contributed by atoms with Crippen LogP contribution in [0.5, 0.6) is 0 Å². The molecule has 3 aromatic carbocycles. The molecule has 0 aromatic heterocycles. The van der Waals surface area contributed by atoms with E-state index in [1.807, 2.05) is 24.3 Å². The number of nitrogens with zero attached hydrogens (tertiary/aromatic N) is 1. The summed E-state index contributed by atoms with van der Waals surface area (Å²) in [5.74, 6) is 0. The van der Waals surface area contributed by atoms with E-state index in [0.717, 1.165) is 27.6 Å². The Morgan fingerprint density at radius 3 is 2.48 bits per heavy atom. The van der Waals surface area contributed by atoms with E-state index in [1.54, 1.807) is 6.08 Å². The molecule has 112 valence electrons. The zero-order valence-electron chi connectivity index (χ0n) is 12.9. The minimum absolute atomic E-state index is 0.907. The molecular formula is C21H16BrN. The first-order valence-electron chi connectivity index (χ1n) is 7.62. The van der Waals surface area contributed by atoms with E-state index in [0.29, 0.717) is 0 Å². The van der Waals surface area contributed by atoms with Gasteiger partial charge >= 0.3 is 0 Å². The Morgan fingerprint density at radius 1 is 1.00 bits per heavy atom. The average Bonchev–Trinajstić information content (AvgIpc) is 2.59. The van der Waals surface area contributed by atoms with Gasteiger partial charge in [0.2, 0.25) is 0 Å². The lowest BCUT2D eigenvalue weighted by atomic mass is 9.90. The van der Waals surface area contributed by atoms with E-state index < -0.39 is 0 Å². The summed E-state index contributed by atoms with van der Waals surface area (Å²) in [6, 6.07) is 22.9. The molecule has 1 nitrogen and oxygen atoms in total. The molecule has 0 fully saturated rings. The average molecular weight is 362 g/mol. The van der Waals surface area contributed by atoms with E-state index in [-0.39, 0.29) is 0 Å². The number of hydrogen-bond acceptors (Lipinski definition) is 1.